The fourth-order valence-corrected chi connectivity index (χ4v) is 3.11. The van der Waals surface area contributed by atoms with E-state index < -0.39 is 0 Å². The molecule has 2 atom stereocenters. The normalized spacial score (nSPS) is 20.2. The molecule has 0 N–H and O–H groups in total. The lowest BCUT2D eigenvalue weighted by Crippen LogP contribution is -2.48. The van der Waals surface area contributed by atoms with Crippen LogP contribution >= 0.6 is 0 Å². The minimum Gasteiger partial charge on any atom is -0.496 e. The van der Waals surface area contributed by atoms with E-state index in [4.69, 9.17) is 14.2 Å². The van der Waals surface area contributed by atoms with Crippen LogP contribution in [-0.4, -0.2) is 44.2 Å². The summed E-state index contributed by atoms with van der Waals surface area (Å²) in [5, 5.41) is 0. The number of carbonyl (C=O) groups is 1. The zero-order chi connectivity index (χ0) is 17.8. The first-order valence-corrected chi connectivity index (χ1v) is 8.34. The number of benzene rings is 2. The number of hydrogen-bond acceptors (Lipinski definition) is 4. The summed E-state index contributed by atoms with van der Waals surface area (Å²) in [6.45, 7) is 2.97. The van der Waals surface area contributed by atoms with E-state index in [0.717, 1.165) is 5.56 Å². The lowest BCUT2D eigenvalue weighted by Gasteiger charge is -2.38. The van der Waals surface area contributed by atoms with Crippen LogP contribution in [0.15, 0.2) is 48.5 Å². The maximum absolute atomic E-state index is 13.3. The summed E-state index contributed by atoms with van der Waals surface area (Å²) in [4.78, 5) is 15.1. The molecule has 1 aliphatic heterocycles. The number of rotatable bonds is 4. The van der Waals surface area contributed by atoms with Crippen molar-refractivity contribution in [2.75, 3.05) is 27.4 Å². The molecule has 1 amide bonds. The molecule has 5 heteroatoms. The summed E-state index contributed by atoms with van der Waals surface area (Å²) < 4.78 is 16.7. The van der Waals surface area contributed by atoms with Gasteiger partial charge in [0.2, 0.25) is 0 Å². The topological polar surface area (TPSA) is 48.0 Å². The molecule has 0 aromatic heterocycles. The summed E-state index contributed by atoms with van der Waals surface area (Å²) >= 11 is 0. The highest BCUT2D eigenvalue weighted by atomic mass is 16.5. The van der Waals surface area contributed by atoms with Gasteiger partial charge in [-0.15, -0.1) is 0 Å². The van der Waals surface area contributed by atoms with Crippen molar-refractivity contribution in [2.45, 2.75) is 19.1 Å². The highest BCUT2D eigenvalue weighted by Gasteiger charge is 2.33. The fourth-order valence-electron chi connectivity index (χ4n) is 3.11. The monoisotopic (exact) mass is 341 g/mol. The van der Waals surface area contributed by atoms with Gasteiger partial charge < -0.3 is 19.1 Å². The van der Waals surface area contributed by atoms with Gasteiger partial charge in [-0.1, -0.05) is 36.4 Å². The number of hydrogen-bond donors (Lipinski definition) is 0. The number of morpholine rings is 1. The average Bonchev–Trinajstić information content (AvgIpc) is 2.67. The van der Waals surface area contributed by atoms with Gasteiger partial charge in [0.05, 0.1) is 33.4 Å². The zero-order valence-corrected chi connectivity index (χ0v) is 14.8. The lowest BCUT2D eigenvalue weighted by atomic mass is 10.0. The summed E-state index contributed by atoms with van der Waals surface area (Å²) in [5.74, 6) is 0.921. The second-order valence-electron chi connectivity index (χ2n) is 6.08. The third-order valence-corrected chi connectivity index (χ3v) is 4.51. The van der Waals surface area contributed by atoms with Crippen LogP contribution < -0.4 is 9.47 Å². The van der Waals surface area contributed by atoms with Crippen molar-refractivity contribution in [3.8, 4) is 11.5 Å². The van der Waals surface area contributed by atoms with Gasteiger partial charge in [0.25, 0.3) is 5.91 Å². The van der Waals surface area contributed by atoms with Crippen molar-refractivity contribution >= 4 is 5.91 Å². The van der Waals surface area contributed by atoms with Crippen molar-refractivity contribution < 1.29 is 19.0 Å². The van der Waals surface area contributed by atoms with E-state index in [0.29, 0.717) is 30.2 Å². The second kappa shape index (κ2) is 7.57. The number of methoxy groups -OCH3 is 2. The minimum absolute atomic E-state index is 0.0259. The Morgan fingerprint density at radius 3 is 2.28 bits per heavy atom. The molecular weight excluding hydrogens is 318 g/mol. The largest absolute Gasteiger partial charge is 0.496 e. The quantitative estimate of drug-likeness (QED) is 0.856. The molecule has 0 aliphatic carbocycles. The van der Waals surface area contributed by atoms with E-state index in [9.17, 15) is 4.79 Å². The molecule has 3 rings (SSSR count). The van der Waals surface area contributed by atoms with Crippen LogP contribution in [-0.2, 0) is 4.74 Å². The first-order chi connectivity index (χ1) is 12.2. The standard InChI is InChI=1S/C20H23NO4/c1-14-13-25-18(15-8-5-4-6-9-15)12-21(14)20(22)19-16(23-2)10-7-11-17(19)24-3/h4-11,14,18H,12-13H2,1-3H3. The first-order valence-electron chi connectivity index (χ1n) is 8.34. The Kier molecular flexibility index (Phi) is 5.24. The molecule has 0 bridgehead atoms. The zero-order valence-electron chi connectivity index (χ0n) is 14.8. The maximum atomic E-state index is 13.3. The van der Waals surface area contributed by atoms with Crippen LogP contribution in [0.1, 0.15) is 28.9 Å². The van der Waals surface area contributed by atoms with E-state index in [1.54, 1.807) is 26.4 Å². The van der Waals surface area contributed by atoms with Crippen molar-refractivity contribution in [3.05, 3.63) is 59.7 Å². The SMILES string of the molecule is COc1cccc(OC)c1C(=O)N1CC(c2ccccc2)OCC1C. The molecule has 132 valence electrons. The van der Waals surface area contributed by atoms with E-state index >= 15 is 0 Å². The Hall–Kier alpha value is -2.53. The summed E-state index contributed by atoms with van der Waals surface area (Å²) in [7, 11) is 3.11. The van der Waals surface area contributed by atoms with Crippen LogP contribution in [0.2, 0.25) is 0 Å². The molecule has 0 radical (unpaired) electrons. The molecule has 0 spiro atoms. The Bertz CT molecular complexity index is 709. The van der Waals surface area contributed by atoms with Gasteiger partial charge in [-0.2, -0.15) is 0 Å². The smallest absolute Gasteiger partial charge is 0.261 e. The molecule has 2 aromatic carbocycles. The Labute approximate surface area is 148 Å². The molecule has 2 unspecified atom stereocenters. The minimum atomic E-state index is -0.137. The van der Waals surface area contributed by atoms with Crippen molar-refractivity contribution in [3.63, 3.8) is 0 Å². The summed E-state index contributed by atoms with van der Waals surface area (Å²) in [6.07, 6.45) is -0.137. The summed E-state index contributed by atoms with van der Waals surface area (Å²) in [5.41, 5.74) is 1.52. The summed E-state index contributed by atoms with van der Waals surface area (Å²) in [6, 6.07) is 15.3. The number of carbonyl (C=O) groups excluding carboxylic acids is 1. The van der Waals surface area contributed by atoms with Gasteiger partial charge >= 0.3 is 0 Å². The van der Waals surface area contributed by atoms with Gasteiger partial charge in [-0.3, -0.25) is 4.79 Å². The van der Waals surface area contributed by atoms with E-state index in [-0.39, 0.29) is 18.1 Å². The van der Waals surface area contributed by atoms with Crippen LogP contribution in [0.3, 0.4) is 0 Å². The van der Waals surface area contributed by atoms with Crippen LogP contribution in [0.5, 0.6) is 11.5 Å². The predicted molar refractivity (Wildman–Crippen MR) is 95.2 cm³/mol. The highest BCUT2D eigenvalue weighted by Crippen LogP contribution is 2.32. The molecule has 5 nitrogen and oxygen atoms in total. The van der Waals surface area contributed by atoms with E-state index in [1.807, 2.05) is 48.2 Å². The number of nitrogens with zero attached hydrogens (tertiary/aromatic N) is 1. The first kappa shape index (κ1) is 17.3. The molecule has 1 saturated heterocycles. The third kappa shape index (κ3) is 3.46. The van der Waals surface area contributed by atoms with Gasteiger partial charge in [-0.25, -0.2) is 0 Å². The van der Waals surface area contributed by atoms with Crippen molar-refractivity contribution in [1.82, 2.24) is 4.90 Å². The maximum Gasteiger partial charge on any atom is 0.261 e. The number of amides is 1. The lowest BCUT2D eigenvalue weighted by molar-refractivity contribution is -0.0488. The molecule has 0 saturated carbocycles. The molecule has 2 aromatic rings. The predicted octanol–water partition coefficient (Wildman–Crippen LogP) is 3.31. The Morgan fingerprint density at radius 2 is 1.68 bits per heavy atom. The molecular formula is C20H23NO4. The Balaban J connectivity index is 1.91. The Morgan fingerprint density at radius 1 is 1.04 bits per heavy atom. The van der Waals surface area contributed by atoms with Crippen molar-refractivity contribution in [2.24, 2.45) is 0 Å². The average molecular weight is 341 g/mol. The highest BCUT2D eigenvalue weighted by molar-refractivity contribution is 6.00. The molecule has 1 heterocycles. The molecule has 25 heavy (non-hydrogen) atoms. The van der Waals surface area contributed by atoms with Crippen LogP contribution in [0.25, 0.3) is 0 Å². The third-order valence-electron chi connectivity index (χ3n) is 4.51. The molecule has 1 fully saturated rings. The second-order valence-corrected chi connectivity index (χ2v) is 6.08. The van der Waals surface area contributed by atoms with Crippen molar-refractivity contribution in [1.29, 1.82) is 0 Å². The van der Waals surface area contributed by atoms with Gasteiger partial charge in [0, 0.05) is 0 Å². The van der Waals surface area contributed by atoms with E-state index in [2.05, 4.69) is 0 Å². The van der Waals surface area contributed by atoms with Gasteiger partial charge in [-0.05, 0) is 24.6 Å². The molecule has 1 aliphatic rings. The fraction of sp³-hybridized carbons (Fsp3) is 0.350. The van der Waals surface area contributed by atoms with Crippen LogP contribution in [0.4, 0.5) is 0 Å². The van der Waals surface area contributed by atoms with Gasteiger partial charge in [0.15, 0.2) is 0 Å². The van der Waals surface area contributed by atoms with Crippen LogP contribution in [0, 0.1) is 0 Å². The van der Waals surface area contributed by atoms with Gasteiger partial charge in [0.1, 0.15) is 23.2 Å². The number of ether oxygens (including phenoxy) is 3. The van der Waals surface area contributed by atoms with E-state index in [1.165, 1.54) is 0 Å².